The van der Waals surface area contributed by atoms with E-state index in [0.717, 1.165) is 22.8 Å². The first-order chi connectivity index (χ1) is 8.08. The van der Waals surface area contributed by atoms with E-state index in [1.807, 2.05) is 32.9 Å². The molecule has 1 aromatic carbocycles. The summed E-state index contributed by atoms with van der Waals surface area (Å²) in [5.74, 6) is 1.46. The van der Waals surface area contributed by atoms with Crippen LogP contribution >= 0.6 is 11.6 Å². The summed E-state index contributed by atoms with van der Waals surface area (Å²) in [6.45, 7) is 8.94. The Labute approximate surface area is 109 Å². The lowest BCUT2D eigenvalue weighted by molar-refractivity contribution is 0.335. The number of ether oxygens (including phenoxy) is 1. The Morgan fingerprint density at radius 2 is 2.12 bits per heavy atom. The molecule has 17 heavy (non-hydrogen) atoms. The van der Waals surface area contributed by atoms with Gasteiger partial charge in [-0.2, -0.15) is 0 Å². The molecule has 0 saturated carbocycles. The van der Waals surface area contributed by atoms with Gasteiger partial charge in [0.1, 0.15) is 5.75 Å². The molecule has 0 bridgehead atoms. The monoisotopic (exact) mass is 252 g/mol. The average Bonchev–Trinajstić information content (AvgIpc) is 2.26. The van der Waals surface area contributed by atoms with Crippen molar-refractivity contribution in [2.75, 3.05) is 6.61 Å². The van der Waals surface area contributed by atoms with Gasteiger partial charge in [0.15, 0.2) is 0 Å². The number of allylic oxidation sites excluding steroid dienone is 2. The van der Waals surface area contributed by atoms with Gasteiger partial charge >= 0.3 is 0 Å². The van der Waals surface area contributed by atoms with Gasteiger partial charge < -0.3 is 4.74 Å². The largest absolute Gasteiger partial charge is 0.494 e. The quantitative estimate of drug-likeness (QED) is 0.684. The van der Waals surface area contributed by atoms with Crippen LogP contribution in [-0.4, -0.2) is 6.61 Å². The van der Waals surface area contributed by atoms with E-state index in [4.69, 9.17) is 16.3 Å². The topological polar surface area (TPSA) is 9.23 Å². The van der Waals surface area contributed by atoms with Crippen LogP contribution in [-0.2, 0) is 6.42 Å². The molecule has 0 aliphatic heterocycles. The van der Waals surface area contributed by atoms with Gasteiger partial charge in [0.2, 0.25) is 0 Å². The zero-order valence-corrected chi connectivity index (χ0v) is 11.8. The predicted molar refractivity (Wildman–Crippen MR) is 75.0 cm³/mol. The molecule has 0 aromatic heterocycles. The van der Waals surface area contributed by atoms with Crippen LogP contribution in [0.3, 0.4) is 0 Å². The Morgan fingerprint density at radius 1 is 1.41 bits per heavy atom. The summed E-state index contributed by atoms with van der Waals surface area (Å²) in [4.78, 5) is 0. The highest BCUT2D eigenvalue weighted by Crippen LogP contribution is 2.29. The molecule has 1 atom stereocenters. The molecule has 0 aliphatic carbocycles. The predicted octanol–water partition coefficient (Wildman–Crippen LogP) is 4.80. The fourth-order valence-electron chi connectivity index (χ4n) is 1.89. The SMILES string of the molecule is C/C=C\C(C)Cc1cc(Cl)c(C)cc1OCC. The highest BCUT2D eigenvalue weighted by Gasteiger charge is 2.09. The molecule has 0 N–H and O–H groups in total. The van der Waals surface area contributed by atoms with Crippen LogP contribution in [0.15, 0.2) is 24.3 Å². The minimum atomic E-state index is 0.498. The first-order valence-corrected chi connectivity index (χ1v) is 6.50. The molecular formula is C15H21ClO. The Morgan fingerprint density at radius 3 is 2.71 bits per heavy atom. The summed E-state index contributed by atoms with van der Waals surface area (Å²) >= 11 is 6.17. The zero-order chi connectivity index (χ0) is 12.8. The smallest absolute Gasteiger partial charge is 0.122 e. The number of hydrogen-bond acceptors (Lipinski definition) is 1. The van der Waals surface area contributed by atoms with E-state index >= 15 is 0 Å². The van der Waals surface area contributed by atoms with E-state index in [9.17, 15) is 0 Å². The molecule has 0 aliphatic rings. The Bertz CT molecular complexity index is 396. The van der Waals surface area contributed by atoms with Crippen LogP contribution < -0.4 is 4.74 Å². The zero-order valence-electron chi connectivity index (χ0n) is 11.1. The van der Waals surface area contributed by atoms with E-state index in [2.05, 4.69) is 19.1 Å². The Hall–Kier alpha value is -0.950. The lowest BCUT2D eigenvalue weighted by Crippen LogP contribution is -2.02. The first kappa shape index (κ1) is 14.1. The average molecular weight is 253 g/mol. The molecule has 1 aromatic rings. The summed E-state index contributed by atoms with van der Waals surface area (Å²) in [5.41, 5.74) is 2.26. The Balaban J connectivity index is 2.99. The van der Waals surface area contributed by atoms with Crippen LogP contribution in [0.4, 0.5) is 0 Å². The maximum atomic E-state index is 6.17. The molecule has 0 radical (unpaired) electrons. The van der Waals surface area contributed by atoms with Crippen LogP contribution in [0.5, 0.6) is 5.75 Å². The van der Waals surface area contributed by atoms with E-state index < -0.39 is 0 Å². The van der Waals surface area contributed by atoms with Crippen LogP contribution in [0.25, 0.3) is 0 Å². The minimum Gasteiger partial charge on any atom is -0.494 e. The number of rotatable bonds is 5. The van der Waals surface area contributed by atoms with Gasteiger partial charge in [0.05, 0.1) is 6.61 Å². The number of halogens is 1. The van der Waals surface area contributed by atoms with Gasteiger partial charge in [0, 0.05) is 5.02 Å². The van der Waals surface area contributed by atoms with Crippen molar-refractivity contribution in [3.8, 4) is 5.75 Å². The van der Waals surface area contributed by atoms with Crippen LogP contribution in [0.1, 0.15) is 31.9 Å². The number of benzene rings is 1. The summed E-state index contributed by atoms with van der Waals surface area (Å²) in [6.07, 6.45) is 5.24. The molecule has 1 rings (SSSR count). The van der Waals surface area contributed by atoms with Gasteiger partial charge in [-0.15, -0.1) is 0 Å². The van der Waals surface area contributed by atoms with E-state index in [1.54, 1.807) is 0 Å². The standard InChI is InChI=1S/C15H21ClO/c1-5-7-11(3)8-13-10-14(16)12(4)9-15(13)17-6-2/h5,7,9-11H,6,8H2,1-4H3/b7-5-. The third-order valence-electron chi connectivity index (χ3n) is 2.70. The van der Waals surface area contributed by atoms with Crippen molar-refractivity contribution in [2.24, 2.45) is 5.92 Å². The van der Waals surface area contributed by atoms with E-state index in [1.165, 1.54) is 5.56 Å². The first-order valence-electron chi connectivity index (χ1n) is 6.13. The second kappa shape index (κ2) is 6.70. The summed E-state index contributed by atoms with van der Waals surface area (Å²) in [5, 5.41) is 0.816. The van der Waals surface area contributed by atoms with Crippen molar-refractivity contribution < 1.29 is 4.74 Å². The lowest BCUT2D eigenvalue weighted by atomic mass is 9.99. The van der Waals surface area contributed by atoms with Gasteiger partial charge in [-0.3, -0.25) is 0 Å². The molecule has 2 heteroatoms. The fourth-order valence-corrected chi connectivity index (χ4v) is 2.08. The molecule has 0 heterocycles. The molecule has 0 spiro atoms. The summed E-state index contributed by atoms with van der Waals surface area (Å²) < 4.78 is 5.67. The van der Waals surface area contributed by atoms with Crippen molar-refractivity contribution in [1.82, 2.24) is 0 Å². The van der Waals surface area contributed by atoms with E-state index in [0.29, 0.717) is 12.5 Å². The van der Waals surface area contributed by atoms with Crippen molar-refractivity contribution >= 4 is 11.6 Å². The van der Waals surface area contributed by atoms with Crippen LogP contribution in [0.2, 0.25) is 5.02 Å². The highest BCUT2D eigenvalue weighted by atomic mass is 35.5. The van der Waals surface area contributed by atoms with Gasteiger partial charge in [0.25, 0.3) is 0 Å². The third kappa shape index (κ3) is 4.08. The maximum absolute atomic E-state index is 6.17. The fraction of sp³-hybridized carbons (Fsp3) is 0.467. The normalized spacial score (nSPS) is 13.0. The second-order valence-corrected chi connectivity index (χ2v) is 4.76. The lowest BCUT2D eigenvalue weighted by Gasteiger charge is -2.14. The summed E-state index contributed by atoms with van der Waals surface area (Å²) in [6, 6.07) is 4.06. The van der Waals surface area contributed by atoms with Gasteiger partial charge in [-0.25, -0.2) is 0 Å². The summed E-state index contributed by atoms with van der Waals surface area (Å²) in [7, 11) is 0. The molecule has 0 saturated heterocycles. The number of aryl methyl sites for hydroxylation is 1. The highest BCUT2D eigenvalue weighted by molar-refractivity contribution is 6.31. The molecule has 1 nitrogen and oxygen atoms in total. The van der Waals surface area contributed by atoms with Crippen molar-refractivity contribution in [2.45, 2.75) is 34.1 Å². The molecule has 1 unspecified atom stereocenters. The number of hydrogen-bond donors (Lipinski definition) is 0. The molecule has 0 amide bonds. The van der Waals surface area contributed by atoms with Gasteiger partial charge in [-0.1, -0.05) is 30.7 Å². The van der Waals surface area contributed by atoms with Crippen molar-refractivity contribution in [1.29, 1.82) is 0 Å². The van der Waals surface area contributed by atoms with Crippen molar-refractivity contribution in [3.05, 3.63) is 40.4 Å². The third-order valence-corrected chi connectivity index (χ3v) is 3.11. The Kier molecular flexibility index (Phi) is 5.57. The van der Waals surface area contributed by atoms with Gasteiger partial charge in [-0.05, 0) is 56.4 Å². The van der Waals surface area contributed by atoms with Crippen LogP contribution in [0, 0.1) is 12.8 Å². The molecular weight excluding hydrogens is 232 g/mol. The van der Waals surface area contributed by atoms with Crippen molar-refractivity contribution in [3.63, 3.8) is 0 Å². The molecule has 94 valence electrons. The second-order valence-electron chi connectivity index (χ2n) is 4.35. The molecule has 0 fully saturated rings. The van der Waals surface area contributed by atoms with E-state index in [-0.39, 0.29) is 0 Å². The maximum Gasteiger partial charge on any atom is 0.122 e. The minimum absolute atomic E-state index is 0.498.